The molecule has 0 radical (unpaired) electrons. The lowest BCUT2D eigenvalue weighted by Crippen LogP contribution is -2.38. The number of benzene rings is 2. The van der Waals surface area contributed by atoms with E-state index in [1.807, 2.05) is 53.4 Å². The molecule has 0 aliphatic carbocycles. The molecule has 0 aromatic heterocycles. The highest BCUT2D eigenvalue weighted by Crippen LogP contribution is 2.36. The molecule has 1 aliphatic heterocycles. The Morgan fingerprint density at radius 2 is 1.90 bits per heavy atom. The predicted molar refractivity (Wildman–Crippen MR) is 84.8 cm³/mol. The van der Waals surface area contributed by atoms with E-state index in [1.165, 1.54) is 0 Å². The van der Waals surface area contributed by atoms with E-state index in [9.17, 15) is 0 Å². The zero-order valence-electron chi connectivity index (χ0n) is 11.1. The number of fused-ring (bicyclic) bond motifs is 1. The standard InChI is InChI=1S/C16H14ClN3/c1-11-19-16(18-2)14-9-8-12(17)10-15(14)20(11)13-6-4-3-5-7-13/h3-10H,1H2,2H3,(H,18,19). The molecule has 0 bridgehead atoms. The molecule has 0 saturated carbocycles. The minimum absolute atomic E-state index is 0.690. The summed E-state index contributed by atoms with van der Waals surface area (Å²) in [6.45, 7) is 4.09. The van der Waals surface area contributed by atoms with E-state index in [0.717, 1.165) is 28.6 Å². The number of amidine groups is 1. The number of anilines is 2. The van der Waals surface area contributed by atoms with Crippen LogP contribution in [0.5, 0.6) is 0 Å². The van der Waals surface area contributed by atoms with Gasteiger partial charge in [0, 0.05) is 23.3 Å². The molecular weight excluding hydrogens is 270 g/mol. The van der Waals surface area contributed by atoms with Gasteiger partial charge in [-0.2, -0.15) is 0 Å². The zero-order chi connectivity index (χ0) is 14.1. The Kier molecular flexibility index (Phi) is 3.20. The van der Waals surface area contributed by atoms with Crippen LogP contribution in [0.15, 0.2) is 65.9 Å². The Bertz CT molecular complexity index is 692. The fourth-order valence-electron chi connectivity index (χ4n) is 2.34. The Labute approximate surface area is 123 Å². The Morgan fingerprint density at radius 1 is 1.15 bits per heavy atom. The first kappa shape index (κ1) is 12.8. The second-order valence-corrected chi connectivity index (χ2v) is 4.91. The summed E-state index contributed by atoms with van der Waals surface area (Å²) in [5.74, 6) is 1.56. The molecule has 0 atom stereocenters. The summed E-state index contributed by atoms with van der Waals surface area (Å²) in [4.78, 5) is 6.31. The van der Waals surface area contributed by atoms with Gasteiger partial charge in [-0.05, 0) is 30.3 Å². The molecule has 3 rings (SSSR count). The number of hydrogen-bond acceptors (Lipinski definition) is 2. The zero-order valence-corrected chi connectivity index (χ0v) is 11.9. The number of aliphatic imine (C=N–C) groups is 1. The summed E-state index contributed by atoms with van der Waals surface area (Å²) in [5.41, 5.74) is 3.02. The quantitative estimate of drug-likeness (QED) is 0.859. The van der Waals surface area contributed by atoms with Gasteiger partial charge in [0.15, 0.2) is 0 Å². The van der Waals surface area contributed by atoms with E-state index in [-0.39, 0.29) is 0 Å². The summed E-state index contributed by atoms with van der Waals surface area (Å²) in [6, 6.07) is 15.8. The highest BCUT2D eigenvalue weighted by molar-refractivity contribution is 6.31. The summed E-state index contributed by atoms with van der Waals surface area (Å²) in [5, 5.41) is 3.92. The van der Waals surface area contributed by atoms with E-state index in [1.54, 1.807) is 7.05 Å². The second-order valence-electron chi connectivity index (χ2n) is 4.48. The smallest absolute Gasteiger partial charge is 0.135 e. The van der Waals surface area contributed by atoms with E-state index < -0.39 is 0 Å². The molecule has 1 heterocycles. The SMILES string of the molecule is C=C1NC(=NC)c2ccc(Cl)cc2N1c1ccccc1. The first-order chi connectivity index (χ1) is 9.70. The van der Waals surface area contributed by atoms with Gasteiger partial charge in [0.05, 0.1) is 5.69 Å². The lowest BCUT2D eigenvalue weighted by Gasteiger charge is -2.34. The van der Waals surface area contributed by atoms with E-state index in [4.69, 9.17) is 11.6 Å². The molecule has 0 fully saturated rings. The van der Waals surface area contributed by atoms with Gasteiger partial charge in [-0.1, -0.05) is 36.4 Å². The van der Waals surface area contributed by atoms with Crippen LogP contribution >= 0.6 is 11.6 Å². The largest absolute Gasteiger partial charge is 0.326 e. The average molecular weight is 284 g/mol. The molecule has 4 heteroatoms. The second kappa shape index (κ2) is 5.02. The van der Waals surface area contributed by atoms with Gasteiger partial charge in [0.25, 0.3) is 0 Å². The average Bonchev–Trinajstić information content (AvgIpc) is 2.47. The van der Waals surface area contributed by atoms with Crippen molar-refractivity contribution in [2.24, 2.45) is 4.99 Å². The van der Waals surface area contributed by atoms with Crippen LogP contribution in [0.2, 0.25) is 5.02 Å². The molecule has 0 unspecified atom stereocenters. The maximum atomic E-state index is 6.15. The third-order valence-corrected chi connectivity index (χ3v) is 3.46. The summed E-state index contributed by atoms with van der Waals surface area (Å²) in [7, 11) is 1.76. The van der Waals surface area contributed by atoms with Gasteiger partial charge in [0.1, 0.15) is 11.7 Å². The molecule has 0 amide bonds. The number of rotatable bonds is 1. The summed E-state index contributed by atoms with van der Waals surface area (Å²) in [6.07, 6.45) is 0. The van der Waals surface area contributed by atoms with Crippen molar-refractivity contribution < 1.29 is 0 Å². The normalized spacial score (nSPS) is 16.0. The van der Waals surface area contributed by atoms with Crippen molar-refractivity contribution in [3.05, 3.63) is 71.5 Å². The molecule has 2 aromatic carbocycles. The van der Waals surface area contributed by atoms with Crippen LogP contribution < -0.4 is 10.2 Å². The van der Waals surface area contributed by atoms with Crippen molar-refractivity contribution in [3.8, 4) is 0 Å². The van der Waals surface area contributed by atoms with Crippen LogP contribution in [0.4, 0.5) is 11.4 Å². The van der Waals surface area contributed by atoms with Crippen LogP contribution in [0.1, 0.15) is 5.56 Å². The molecule has 1 N–H and O–H groups in total. The molecule has 20 heavy (non-hydrogen) atoms. The lowest BCUT2D eigenvalue weighted by molar-refractivity contribution is 0.990. The van der Waals surface area contributed by atoms with E-state index >= 15 is 0 Å². The molecule has 0 spiro atoms. The van der Waals surface area contributed by atoms with Crippen LogP contribution in [0.25, 0.3) is 0 Å². The van der Waals surface area contributed by atoms with Crippen LogP contribution in [-0.4, -0.2) is 12.9 Å². The third kappa shape index (κ3) is 2.06. The fourth-order valence-corrected chi connectivity index (χ4v) is 2.51. The molecule has 3 nitrogen and oxygen atoms in total. The summed E-state index contributed by atoms with van der Waals surface area (Å²) < 4.78 is 0. The number of nitrogens with one attached hydrogen (secondary N) is 1. The Balaban J connectivity index is 2.22. The van der Waals surface area contributed by atoms with Gasteiger partial charge in [0.2, 0.25) is 0 Å². The number of halogens is 1. The van der Waals surface area contributed by atoms with Crippen LogP contribution in [0.3, 0.4) is 0 Å². The predicted octanol–water partition coefficient (Wildman–Crippen LogP) is 3.93. The van der Waals surface area contributed by atoms with E-state index in [0.29, 0.717) is 5.02 Å². The minimum atomic E-state index is 0.690. The van der Waals surface area contributed by atoms with Crippen LogP contribution in [0, 0.1) is 0 Å². The topological polar surface area (TPSA) is 27.6 Å². The van der Waals surface area contributed by atoms with Gasteiger partial charge in [-0.25, -0.2) is 0 Å². The van der Waals surface area contributed by atoms with Crippen molar-refractivity contribution >= 4 is 28.8 Å². The first-order valence-corrected chi connectivity index (χ1v) is 6.66. The van der Waals surface area contributed by atoms with Gasteiger partial charge < -0.3 is 5.32 Å². The molecular formula is C16H14ClN3. The highest BCUT2D eigenvalue weighted by Gasteiger charge is 2.25. The number of para-hydroxylation sites is 1. The Hall–Kier alpha value is -2.26. The maximum absolute atomic E-state index is 6.15. The molecule has 2 aromatic rings. The fraction of sp³-hybridized carbons (Fsp3) is 0.0625. The van der Waals surface area contributed by atoms with Crippen LogP contribution in [-0.2, 0) is 0 Å². The summed E-state index contributed by atoms with van der Waals surface area (Å²) >= 11 is 6.15. The van der Waals surface area contributed by atoms with Crippen molar-refractivity contribution in [1.82, 2.24) is 5.32 Å². The molecule has 1 aliphatic rings. The lowest BCUT2D eigenvalue weighted by atomic mass is 10.1. The van der Waals surface area contributed by atoms with Gasteiger partial charge in [-0.3, -0.25) is 9.89 Å². The number of hydrogen-bond donors (Lipinski definition) is 1. The minimum Gasteiger partial charge on any atom is -0.326 e. The van der Waals surface area contributed by atoms with E-state index in [2.05, 4.69) is 16.9 Å². The highest BCUT2D eigenvalue weighted by atomic mass is 35.5. The molecule has 0 saturated heterocycles. The first-order valence-electron chi connectivity index (χ1n) is 6.28. The van der Waals surface area contributed by atoms with Crippen molar-refractivity contribution in [2.45, 2.75) is 0 Å². The Morgan fingerprint density at radius 3 is 2.60 bits per heavy atom. The monoisotopic (exact) mass is 283 g/mol. The van der Waals surface area contributed by atoms with Gasteiger partial charge >= 0.3 is 0 Å². The third-order valence-electron chi connectivity index (χ3n) is 3.23. The van der Waals surface area contributed by atoms with Crippen molar-refractivity contribution in [1.29, 1.82) is 0 Å². The van der Waals surface area contributed by atoms with Gasteiger partial charge in [-0.15, -0.1) is 0 Å². The number of nitrogens with zero attached hydrogens (tertiary/aromatic N) is 2. The maximum Gasteiger partial charge on any atom is 0.135 e. The molecule has 100 valence electrons. The van der Waals surface area contributed by atoms with Crippen molar-refractivity contribution in [2.75, 3.05) is 11.9 Å². The van der Waals surface area contributed by atoms with Crippen molar-refractivity contribution in [3.63, 3.8) is 0 Å².